The molecule has 134 valence electrons. The van der Waals surface area contributed by atoms with Crippen LogP contribution in [0.4, 0.5) is 5.69 Å². The molecule has 9 nitrogen and oxygen atoms in total. The minimum atomic E-state index is -0.299. The van der Waals surface area contributed by atoms with Gasteiger partial charge in [-0.05, 0) is 31.0 Å². The van der Waals surface area contributed by atoms with E-state index in [2.05, 4.69) is 42.2 Å². The van der Waals surface area contributed by atoms with Gasteiger partial charge in [0.1, 0.15) is 5.69 Å². The maximum Gasteiger partial charge on any atom is 0.287 e. The van der Waals surface area contributed by atoms with E-state index in [1.165, 1.54) is 0 Å². The lowest BCUT2D eigenvalue weighted by Gasteiger charge is -2.08. The third kappa shape index (κ3) is 3.28. The summed E-state index contributed by atoms with van der Waals surface area (Å²) in [5.74, 6) is 5.97. The first-order chi connectivity index (χ1) is 13.1. The second kappa shape index (κ2) is 6.76. The van der Waals surface area contributed by atoms with Gasteiger partial charge in [0.05, 0.1) is 23.6 Å². The molecule has 1 amide bonds. The van der Waals surface area contributed by atoms with E-state index < -0.39 is 0 Å². The number of aromatic nitrogens is 6. The van der Waals surface area contributed by atoms with Crippen molar-refractivity contribution in [1.29, 1.82) is 0 Å². The Hall–Kier alpha value is -3.93. The molecule has 4 heterocycles. The summed E-state index contributed by atoms with van der Waals surface area (Å²) in [7, 11) is 0. The zero-order valence-corrected chi connectivity index (χ0v) is 14.5. The number of imidazole rings is 2. The second-order valence-corrected chi connectivity index (χ2v) is 6.01. The van der Waals surface area contributed by atoms with Crippen LogP contribution >= 0.6 is 0 Å². The largest absolute Gasteiger partial charge is 0.396 e. The SMILES string of the molecule is CC(CC#Cc1cnc2c(N)ccnn12)NC(=O)c1nc2ncccc2[nH]1. The fourth-order valence-electron chi connectivity index (χ4n) is 2.59. The molecule has 1 unspecified atom stereocenters. The summed E-state index contributed by atoms with van der Waals surface area (Å²) in [6.45, 7) is 1.87. The number of fused-ring (bicyclic) bond motifs is 2. The number of nitrogens with zero attached hydrogens (tertiary/aromatic N) is 5. The highest BCUT2D eigenvalue weighted by Gasteiger charge is 2.14. The number of anilines is 1. The van der Waals surface area contributed by atoms with Gasteiger partial charge >= 0.3 is 0 Å². The number of pyridine rings is 1. The van der Waals surface area contributed by atoms with Crippen LogP contribution in [0.25, 0.3) is 16.8 Å². The minimum Gasteiger partial charge on any atom is -0.396 e. The summed E-state index contributed by atoms with van der Waals surface area (Å²) in [6, 6.07) is 5.12. The summed E-state index contributed by atoms with van der Waals surface area (Å²) in [5, 5.41) is 7.05. The third-order valence-electron chi connectivity index (χ3n) is 3.91. The zero-order chi connectivity index (χ0) is 18.8. The molecule has 4 rings (SSSR count). The summed E-state index contributed by atoms with van der Waals surface area (Å²) in [6.07, 6.45) is 5.31. The Balaban J connectivity index is 1.42. The van der Waals surface area contributed by atoms with E-state index in [-0.39, 0.29) is 17.8 Å². The van der Waals surface area contributed by atoms with Crippen LogP contribution in [0, 0.1) is 11.8 Å². The molecule has 0 aliphatic heterocycles. The Morgan fingerprint density at radius 2 is 2.26 bits per heavy atom. The molecule has 4 N–H and O–H groups in total. The van der Waals surface area contributed by atoms with Crippen molar-refractivity contribution in [3.63, 3.8) is 0 Å². The molecule has 0 saturated carbocycles. The van der Waals surface area contributed by atoms with Crippen molar-refractivity contribution in [2.45, 2.75) is 19.4 Å². The number of hydrogen-bond donors (Lipinski definition) is 3. The average Bonchev–Trinajstić information content (AvgIpc) is 3.27. The molecule has 0 radical (unpaired) electrons. The first-order valence-corrected chi connectivity index (χ1v) is 8.30. The smallest absolute Gasteiger partial charge is 0.287 e. The lowest BCUT2D eigenvalue weighted by atomic mass is 10.2. The van der Waals surface area contributed by atoms with E-state index in [0.717, 1.165) is 5.52 Å². The van der Waals surface area contributed by atoms with Gasteiger partial charge in [0.15, 0.2) is 17.1 Å². The van der Waals surface area contributed by atoms with Gasteiger partial charge in [-0.3, -0.25) is 4.79 Å². The van der Waals surface area contributed by atoms with Crippen LogP contribution in [-0.4, -0.2) is 41.5 Å². The van der Waals surface area contributed by atoms with Crippen molar-refractivity contribution in [3.8, 4) is 11.8 Å². The number of aromatic amines is 1. The number of hydrogen-bond acceptors (Lipinski definition) is 6. The highest BCUT2D eigenvalue weighted by Crippen LogP contribution is 2.11. The molecular weight excluding hydrogens is 344 g/mol. The Labute approximate surface area is 154 Å². The van der Waals surface area contributed by atoms with Gasteiger partial charge < -0.3 is 16.0 Å². The van der Waals surface area contributed by atoms with Crippen LogP contribution in [0.15, 0.2) is 36.8 Å². The monoisotopic (exact) mass is 360 g/mol. The van der Waals surface area contributed by atoms with Gasteiger partial charge in [0.25, 0.3) is 5.91 Å². The van der Waals surface area contributed by atoms with Crippen LogP contribution in [0.1, 0.15) is 29.7 Å². The number of nitrogens with two attached hydrogens (primary N) is 1. The zero-order valence-electron chi connectivity index (χ0n) is 14.5. The molecular formula is C18H16N8O. The number of rotatable bonds is 3. The predicted molar refractivity (Wildman–Crippen MR) is 99.7 cm³/mol. The summed E-state index contributed by atoms with van der Waals surface area (Å²) in [5.41, 5.74) is 8.83. The van der Waals surface area contributed by atoms with Crippen molar-refractivity contribution in [2.75, 3.05) is 5.73 Å². The van der Waals surface area contributed by atoms with Crippen LogP contribution in [0.3, 0.4) is 0 Å². The first kappa shape index (κ1) is 16.5. The number of nitrogens with one attached hydrogen (secondary N) is 2. The molecule has 0 aromatic carbocycles. The van der Waals surface area contributed by atoms with E-state index in [9.17, 15) is 4.79 Å². The standard InChI is InChI=1S/C18H16N8O/c1-11(23-18(27)16-24-14-6-3-8-20-15(14)25-16)4-2-5-12-10-21-17-13(19)7-9-22-26(12)17/h3,6-11H,4,19H2,1H3,(H,23,27)(H,20,24,25). The van der Waals surface area contributed by atoms with Crippen LogP contribution < -0.4 is 11.1 Å². The maximum absolute atomic E-state index is 12.3. The fraction of sp³-hybridized carbons (Fsp3) is 0.167. The summed E-state index contributed by atoms with van der Waals surface area (Å²) >= 11 is 0. The summed E-state index contributed by atoms with van der Waals surface area (Å²) in [4.78, 5) is 27.8. The number of carbonyl (C=O) groups is 1. The number of nitrogen functional groups attached to an aromatic ring is 1. The Morgan fingerprint density at radius 3 is 3.11 bits per heavy atom. The molecule has 0 aliphatic rings. The van der Waals surface area contributed by atoms with Gasteiger partial charge in [-0.25, -0.2) is 19.5 Å². The molecule has 4 aromatic rings. The highest BCUT2D eigenvalue weighted by atomic mass is 16.2. The molecule has 1 atom stereocenters. The van der Waals surface area contributed by atoms with Crippen molar-refractivity contribution in [2.24, 2.45) is 0 Å². The quantitative estimate of drug-likeness (QED) is 0.470. The van der Waals surface area contributed by atoms with Gasteiger partial charge in [0.2, 0.25) is 0 Å². The molecule has 27 heavy (non-hydrogen) atoms. The molecule has 0 aliphatic carbocycles. The topological polar surface area (TPSA) is 127 Å². The molecule has 4 aromatic heterocycles. The summed E-state index contributed by atoms with van der Waals surface area (Å²) < 4.78 is 1.59. The lowest BCUT2D eigenvalue weighted by Crippen LogP contribution is -2.32. The Morgan fingerprint density at radius 1 is 1.37 bits per heavy atom. The second-order valence-electron chi connectivity index (χ2n) is 6.01. The predicted octanol–water partition coefficient (Wildman–Crippen LogP) is 1.14. The van der Waals surface area contributed by atoms with Gasteiger partial charge in [-0.1, -0.05) is 5.92 Å². The third-order valence-corrected chi connectivity index (χ3v) is 3.91. The molecule has 0 spiro atoms. The van der Waals surface area contributed by atoms with Crippen molar-refractivity contribution >= 4 is 28.4 Å². The average molecular weight is 360 g/mol. The van der Waals surface area contributed by atoms with E-state index in [1.54, 1.807) is 35.2 Å². The molecule has 9 heteroatoms. The first-order valence-electron chi connectivity index (χ1n) is 8.30. The maximum atomic E-state index is 12.3. The minimum absolute atomic E-state index is 0.164. The van der Waals surface area contributed by atoms with Crippen molar-refractivity contribution in [1.82, 2.24) is 34.9 Å². The molecule has 0 saturated heterocycles. The Kier molecular flexibility index (Phi) is 4.14. The molecule has 0 bridgehead atoms. The number of carbonyl (C=O) groups excluding carboxylic acids is 1. The fourth-order valence-corrected chi connectivity index (χ4v) is 2.59. The number of H-pyrrole nitrogens is 1. The van der Waals surface area contributed by atoms with Crippen molar-refractivity contribution < 1.29 is 4.79 Å². The van der Waals surface area contributed by atoms with E-state index in [4.69, 9.17) is 5.73 Å². The van der Waals surface area contributed by atoms with E-state index >= 15 is 0 Å². The normalized spacial score (nSPS) is 11.9. The van der Waals surface area contributed by atoms with Gasteiger partial charge in [0, 0.05) is 18.7 Å². The number of amides is 1. The molecule has 0 fully saturated rings. The van der Waals surface area contributed by atoms with E-state index in [1.807, 2.05) is 13.0 Å². The lowest BCUT2D eigenvalue weighted by molar-refractivity contribution is 0.0931. The van der Waals surface area contributed by atoms with Crippen LogP contribution in [0.5, 0.6) is 0 Å². The Bertz CT molecular complexity index is 1160. The van der Waals surface area contributed by atoms with Crippen LogP contribution in [-0.2, 0) is 0 Å². The van der Waals surface area contributed by atoms with Crippen LogP contribution in [0.2, 0.25) is 0 Å². The van der Waals surface area contributed by atoms with Gasteiger partial charge in [-0.15, -0.1) is 0 Å². The van der Waals surface area contributed by atoms with Gasteiger partial charge in [-0.2, -0.15) is 5.10 Å². The van der Waals surface area contributed by atoms with Crippen molar-refractivity contribution in [3.05, 3.63) is 48.3 Å². The van der Waals surface area contributed by atoms with E-state index in [0.29, 0.717) is 29.1 Å². The highest BCUT2D eigenvalue weighted by molar-refractivity contribution is 5.93.